The maximum absolute atomic E-state index is 12.1. The van der Waals surface area contributed by atoms with E-state index in [0.29, 0.717) is 19.5 Å². The summed E-state index contributed by atoms with van der Waals surface area (Å²) in [7, 11) is 1.37. The molecule has 2 aromatic rings. The summed E-state index contributed by atoms with van der Waals surface area (Å²) in [5.41, 5.74) is 1.23. The summed E-state index contributed by atoms with van der Waals surface area (Å²) in [6, 6.07) is 8.29. The van der Waals surface area contributed by atoms with Crippen LogP contribution in [0.4, 0.5) is 4.79 Å². The first-order chi connectivity index (χ1) is 11.2. The fourth-order valence-corrected chi connectivity index (χ4v) is 3.94. The van der Waals surface area contributed by atoms with Crippen LogP contribution in [0.15, 0.2) is 29.6 Å². The number of thiophene rings is 1. The zero-order chi connectivity index (χ0) is 16.2. The van der Waals surface area contributed by atoms with Crippen molar-refractivity contribution in [1.82, 2.24) is 10.2 Å². The van der Waals surface area contributed by atoms with E-state index in [-0.39, 0.29) is 18.0 Å². The van der Waals surface area contributed by atoms with Gasteiger partial charge in [-0.2, -0.15) is 0 Å². The summed E-state index contributed by atoms with van der Waals surface area (Å²) in [6.45, 7) is 1.16. The first-order valence-corrected chi connectivity index (χ1v) is 8.62. The number of carbonyl (C=O) groups is 2. The van der Waals surface area contributed by atoms with Gasteiger partial charge in [-0.25, -0.2) is 4.79 Å². The summed E-state index contributed by atoms with van der Waals surface area (Å²) in [4.78, 5) is 25.2. The van der Waals surface area contributed by atoms with Crippen LogP contribution < -0.4 is 5.32 Å². The Morgan fingerprint density at radius 1 is 1.39 bits per heavy atom. The molecule has 1 saturated heterocycles. The molecule has 23 heavy (non-hydrogen) atoms. The van der Waals surface area contributed by atoms with Crippen molar-refractivity contribution in [2.24, 2.45) is 0 Å². The second-order valence-corrected chi connectivity index (χ2v) is 6.64. The number of methoxy groups -OCH3 is 1. The molecule has 0 aliphatic carbocycles. The highest BCUT2D eigenvalue weighted by Gasteiger charge is 2.27. The number of nitrogens with zero attached hydrogens (tertiary/aromatic N) is 1. The third-order valence-electron chi connectivity index (χ3n) is 4.17. The number of carbonyl (C=O) groups excluding carboxylic acids is 2. The Kier molecular flexibility index (Phi) is 4.81. The molecule has 1 aliphatic heterocycles. The number of rotatable bonds is 4. The molecule has 5 nitrogen and oxygen atoms in total. The molecule has 0 radical (unpaired) electrons. The van der Waals surface area contributed by atoms with E-state index in [1.165, 1.54) is 22.8 Å². The molecule has 1 aliphatic rings. The van der Waals surface area contributed by atoms with Crippen molar-refractivity contribution in [1.29, 1.82) is 0 Å². The highest BCUT2D eigenvalue weighted by Crippen LogP contribution is 2.26. The maximum atomic E-state index is 12.1. The number of benzene rings is 1. The van der Waals surface area contributed by atoms with E-state index in [1.54, 1.807) is 16.2 Å². The van der Waals surface area contributed by atoms with Crippen molar-refractivity contribution in [2.75, 3.05) is 20.2 Å². The van der Waals surface area contributed by atoms with Crippen LogP contribution in [0.25, 0.3) is 10.1 Å². The minimum atomic E-state index is -0.327. The zero-order valence-corrected chi connectivity index (χ0v) is 13.9. The fourth-order valence-electron chi connectivity index (χ4n) is 2.95. The van der Waals surface area contributed by atoms with Gasteiger partial charge in [0.15, 0.2) is 0 Å². The average molecular weight is 332 g/mol. The van der Waals surface area contributed by atoms with Crippen molar-refractivity contribution < 1.29 is 14.3 Å². The Balaban J connectivity index is 1.50. The predicted octanol–water partition coefficient (Wildman–Crippen LogP) is 2.79. The van der Waals surface area contributed by atoms with Crippen LogP contribution >= 0.6 is 11.3 Å². The van der Waals surface area contributed by atoms with Crippen LogP contribution in [0.3, 0.4) is 0 Å². The Hall–Kier alpha value is -2.08. The van der Waals surface area contributed by atoms with Crippen molar-refractivity contribution in [2.45, 2.75) is 25.3 Å². The number of hydrogen-bond acceptors (Lipinski definition) is 4. The highest BCUT2D eigenvalue weighted by atomic mass is 32.1. The SMILES string of the molecule is COC(=O)N1CCC(NC(=O)CCc2csc3ccccc23)C1. The number of likely N-dealkylation sites (tertiary alicyclic amines) is 1. The van der Waals surface area contributed by atoms with Gasteiger partial charge in [0, 0.05) is 30.3 Å². The minimum Gasteiger partial charge on any atom is -0.453 e. The fraction of sp³-hybridized carbons (Fsp3) is 0.412. The summed E-state index contributed by atoms with van der Waals surface area (Å²) in [6.07, 6.45) is 1.66. The van der Waals surface area contributed by atoms with Crippen LogP contribution in [0.1, 0.15) is 18.4 Å². The molecule has 6 heteroatoms. The molecule has 2 amide bonds. The van der Waals surface area contributed by atoms with Gasteiger partial charge in [0.2, 0.25) is 5.91 Å². The smallest absolute Gasteiger partial charge is 0.409 e. The van der Waals surface area contributed by atoms with E-state index in [0.717, 1.165) is 12.8 Å². The van der Waals surface area contributed by atoms with Gasteiger partial charge in [0.1, 0.15) is 0 Å². The Bertz CT molecular complexity index is 713. The lowest BCUT2D eigenvalue weighted by molar-refractivity contribution is -0.121. The number of aryl methyl sites for hydroxylation is 1. The summed E-state index contributed by atoms with van der Waals surface area (Å²) >= 11 is 1.71. The van der Waals surface area contributed by atoms with Crippen molar-refractivity contribution in [3.8, 4) is 0 Å². The Morgan fingerprint density at radius 3 is 3.04 bits per heavy atom. The van der Waals surface area contributed by atoms with Crippen LogP contribution in [-0.4, -0.2) is 43.1 Å². The van der Waals surface area contributed by atoms with E-state index in [2.05, 4.69) is 22.8 Å². The third-order valence-corrected chi connectivity index (χ3v) is 5.18. The molecular weight excluding hydrogens is 312 g/mol. The van der Waals surface area contributed by atoms with Crippen molar-refractivity contribution >= 4 is 33.4 Å². The zero-order valence-electron chi connectivity index (χ0n) is 13.1. The largest absolute Gasteiger partial charge is 0.453 e. The number of fused-ring (bicyclic) bond motifs is 1. The molecule has 1 aromatic carbocycles. The lowest BCUT2D eigenvalue weighted by atomic mass is 10.1. The molecule has 1 fully saturated rings. The molecule has 1 aromatic heterocycles. The molecule has 1 N–H and O–H groups in total. The van der Waals surface area contributed by atoms with E-state index in [4.69, 9.17) is 4.74 Å². The summed E-state index contributed by atoms with van der Waals surface area (Å²) in [5.74, 6) is 0.0389. The molecule has 3 rings (SSSR count). The molecular formula is C17H20N2O3S. The molecule has 1 unspecified atom stereocenters. The Labute approximate surface area is 139 Å². The summed E-state index contributed by atoms with van der Waals surface area (Å²) in [5, 5.41) is 6.38. The van der Waals surface area contributed by atoms with Gasteiger partial charge in [-0.3, -0.25) is 4.79 Å². The quantitative estimate of drug-likeness (QED) is 0.936. The van der Waals surface area contributed by atoms with Crippen LogP contribution in [0.2, 0.25) is 0 Å². The topological polar surface area (TPSA) is 58.6 Å². The molecule has 0 saturated carbocycles. The van der Waals surface area contributed by atoms with E-state index < -0.39 is 0 Å². The van der Waals surface area contributed by atoms with Crippen LogP contribution in [-0.2, 0) is 16.0 Å². The summed E-state index contributed by atoms with van der Waals surface area (Å²) < 4.78 is 5.96. The number of ether oxygens (including phenoxy) is 1. The average Bonchev–Trinajstić information content (AvgIpc) is 3.19. The third kappa shape index (κ3) is 3.64. The van der Waals surface area contributed by atoms with Gasteiger partial charge >= 0.3 is 6.09 Å². The molecule has 1 atom stereocenters. The van der Waals surface area contributed by atoms with Gasteiger partial charge < -0.3 is 15.0 Å². The normalized spacial score (nSPS) is 17.4. The highest BCUT2D eigenvalue weighted by molar-refractivity contribution is 7.17. The van der Waals surface area contributed by atoms with Gasteiger partial charge in [0.05, 0.1) is 7.11 Å². The Morgan fingerprint density at radius 2 is 2.22 bits per heavy atom. The van der Waals surface area contributed by atoms with Crippen molar-refractivity contribution in [3.63, 3.8) is 0 Å². The van der Waals surface area contributed by atoms with E-state index in [9.17, 15) is 9.59 Å². The van der Waals surface area contributed by atoms with Gasteiger partial charge in [-0.1, -0.05) is 18.2 Å². The molecule has 0 spiro atoms. The number of amides is 2. The van der Waals surface area contributed by atoms with Gasteiger partial charge in [-0.05, 0) is 35.2 Å². The van der Waals surface area contributed by atoms with Crippen molar-refractivity contribution in [3.05, 3.63) is 35.2 Å². The van der Waals surface area contributed by atoms with Gasteiger partial charge in [0.25, 0.3) is 0 Å². The number of nitrogens with one attached hydrogen (secondary N) is 1. The molecule has 122 valence electrons. The second kappa shape index (κ2) is 7.00. The minimum absolute atomic E-state index is 0.0285. The first kappa shape index (κ1) is 15.8. The first-order valence-electron chi connectivity index (χ1n) is 7.74. The molecule has 0 bridgehead atoms. The maximum Gasteiger partial charge on any atom is 0.409 e. The van der Waals surface area contributed by atoms with Crippen LogP contribution in [0, 0.1) is 0 Å². The van der Waals surface area contributed by atoms with Gasteiger partial charge in [-0.15, -0.1) is 11.3 Å². The van der Waals surface area contributed by atoms with E-state index in [1.807, 2.05) is 12.1 Å². The monoisotopic (exact) mass is 332 g/mol. The predicted molar refractivity (Wildman–Crippen MR) is 90.7 cm³/mol. The second-order valence-electron chi connectivity index (χ2n) is 5.73. The molecule has 2 heterocycles. The standard InChI is InChI=1S/C17H20N2O3S/c1-22-17(21)19-9-8-13(10-19)18-16(20)7-6-12-11-23-15-5-3-2-4-14(12)15/h2-5,11,13H,6-10H2,1H3,(H,18,20). The van der Waals surface area contributed by atoms with Crippen LogP contribution in [0.5, 0.6) is 0 Å². The lowest BCUT2D eigenvalue weighted by Crippen LogP contribution is -2.38. The number of hydrogen-bond donors (Lipinski definition) is 1. The van der Waals surface area contributed by atoms with E-state index >= 15 is 0 Å². The lowest BCUT2D eigenvalue weighted by Gasteiger charge is -2.15.